The zero-order valence-electron chi connectivity index (χ0n) is 11.4. The van der Waals surface area contributed by atoms with Gasteiger partial charge in [0.25, 0.3) is 11.8 Å². The van der Waals surface area contributed by atoms with E-state index in [1.165, 1.54) is 6.07 Å². The molecule has 1 fully saturated rings. The van der Waals surface area contributed by atoms with Crippen LogP contribution in [0.25, 0.3) is 0 Å². The molecule has 2 aromatic rings. The van der Waals surface area contributed by atoms with Crippen LogP contribution in [0.4, 0.5) is 8.78 Å². The Balaban J connectivity index is 2.03. The second-order valence-corrected chi connectivity index (χ2v) is 6.19. The molecule has 0 saturated carbocycles. The van der Waals surface area contributed by atoms with Crippen LogP contribution < -0.4 is 0 Å². The third-order valence-corrected chi connectivity index (χ3v) is 4.69. The van der Waals surface area contributed by atoms with Crippen molar-refractivity contribution in [2.24, 2.45) is 0 Å². The number of hydrogen-bond donors (Lipinski definition) is 1. The number of carbonyl (C=O) groups excluding carboxylic acids is 2. The van der Waals surface area contributed by atoms with Crippen molar-refractivity contribution >= 4 is 34.8 Å². The Hall–Kier alpha value is -2.03. The fraction of sp³-hybridized carbons (Fsp3) is 0.143. The summed E-state index contributed by atoms with van der Waals surface area (Å²) in [6.45, 7) is -0.497. The lowest BCUT2D eigenvalue weighted by Gasteiger charge is -2.25. The average molecular weight is 359 g/mol. The van der Waals surface area contributed by atoms with E-state index in [-0.39, 0.29) is 0 Å². The first-order valence-corrected chi connectivity index (χ1v) is 7.65. The molecule has 3 rings (SSSR count). The number of nitrogens with zero attached hydrogens (tertiary/aromatic N) is 2. The minimum Gasteiger partial charge on any atom is -0.302 e. The van der Waals surface area contributed by atoms with Crippen molar-refractivity contribution in [2.45, 2.75) is 6.17 Å². The van der Waals surface area contributed by atoms with E-state index >= 15 is 0 Å². The SMILES string of the molecule is O=C1CN(C(=O)c2c(F)cccc2F)C(c2cc(Cl)cs2)N1O. The van der Waals surface area contributed by atoms with E-state index in [1.807, 2.05) is 0 Å². The van der Waals surface area contributed by atoms with Crippen LogP contribution in [-0.2, 0) is 4.79 Å². The summed E-state index contributed by atoms with van der Waals surface area (Å²) in [5.74, 6) is -3.87. The Kier molecular flexibility index (Phi) is 4.05. The van der Waals surface area contributed by atoms with Crippen LogP contribution in [0.15, 0.2) is 29.6 Å². The summed E-state index contributed by atoms with van der Waals surface area (Å²) in [6, 6.07) is 4.49. The monoisotopic (exact) mass is 358 g/mol. The van der Waals surface area contributed by atoms with E-state index in [9.17, 15) is 23.6 Å². The van der Waals surface area contributed by atoms with E-state index in [0.717, 1.165) is 34.4 Å². The minimum atomic E-state index is -1.17. The molecule has 1 aliphatic rings. The summed E-state index contributed by atoms with van der Waals surface area (Å²) >= 11 is 6.93. The van der Waals surface area contributed by atoms with Gasteiger partial charge in [0.2, 0.25) is 0 Å². The number of hydroxylamine groups is 2. The van der Waals surface area contributed by atoms with Crippen molar-refractivity contribution in [2.75, 3.05) is 6.54 Å². The summed E-state index contributed by atoms with van der Waals surface area (Å²) in [7, 11) is 0. The quantitative estimate of drug-likeness (QED) is 0.839. The van der Waals surface area contributed by atoms with Gasteiger partial charge in [0, 0.05) is 5.38 Å². The Bertz CT molecular complexity index is 778. The summed E-state index contributed by atoms with van der Waals surface area (Å²) < 4.78 is 27.6. The molecule has 0 spiro atoms. The van der Waals surface area contributed by atoms with Crippen LogP contribution in [0.5, 0.6) is 0 Å². The zero-order chi connectivity index (χ0) is 16.7. The van der Waals surface area contributed by atoms with E-state index in [0.29, 0.717) is 15.0 Å². The summed E-state index contributed by atoms with van der Waals surface area (Å²) in [5, 5.41) is 12.2. The smallest absolute Gasteiger partial charge is 0.268 e. The number of benzene rings is 1. The van der Waals surface area contributed by atoms with Crippen LogP contribution in [0.1, 0.15) is 21.4 Å². The lowest BCUT2D eigenvalue weighted by atomic mass is 10.1. The van der Waals surface area contributed by atoms with Crippen molar-refractivity contribution in [3.63, 3.8) is 0 Å². The van der Waals surface area contributed by atoms with Gasteiger partial charge in [-0.1, -0.05) is 17.7 Å². The number of amides is 2. The molecule has 5 nitrogen and oxygen atoms in total. The van der Waals surface area contributed by atoms with Crippen molar-refractivity contribution in [1.29, 1.82) is 0 Å². The maximum Gasteiger partial charge on any atom is 0.268 e. The molecular weight excluding hydrogens is 350 g/mol. The van der Waals surface area contributed by atoms with Gasteiger partial charge in [0.05, 0.1) is 9.90 Å². The molecule has 1 N–H and O–H groups in total. The minimum absolute atomic E-state index is 0.360. The fourth-order valence-corrected chi connectivity index (χ4v) is 3.52. The lowest BCUT2D eigenvalue weighted by Crippen LogP contribution is -2.34. The zero-order valence-corrected chi connectivity index (χ0v) is 12.9. The summed E-state index contributed by atoms with van der Waals surface area (Å²) in [5.41, 5.74) is -0.775. The molecule has 1 aliphatic heterocycles. The van der Waals surface area contributed by atoms with Crippen LogP contribution in [0.2, 0.25) is 5.02 Å². The highest BCUT2D eigenvalue weighted by Gasteiger charge is 2.43. The molecule has 2 heterocycles. The highest BCUT2D eigenvalue weighted by Crippen LogP contribution is 2.36. The predicted octanol–water partition coefficient (Wildman–Crippen LogP) is 3.05. The van der Waals surface area contributed by atoms with Crippen molar-refractivity contribution < 1.29 is 23.6 Å². The molecule has 23 heavy (non-hydrogen) atoms. The standard InChI is InChI=1S/C14H9ClF2N2O3S/c15-7-4-10(23-6-7)13-18(5-11(20)19(13)22)14(21)12-8(16)2-1-3-9(12)17/h1-4,6,13,22H,5H2. The number of rotatable bonds is 2. The second kappa shape index (κ2) is 5.88. The summed E-state index contributed by atoms with van der Waals surface area (Å²) in [6.07, 6.45) is -1.17. The Labute approximate surface area is 138 Å². The molecule has 1 atom stereocenters. The Morgan fingerprint density at radius 3 is 2.57 bits per heavy atom. The van der Waals surface area contributed by atoms with Gasteiger partial charge in [-0.2, -0.15) is 5.06 Å². The predicted molar refractivity (Wildman–Crippen MR) is 78.1 cm³/mol. The van der Waals surface area contributed by atoms with Crippen molar-refractivity contribution in [3.05, 3.63) is 56.7 Å². The molecular formula is C14H9ClF2N2O3S. The third-order valence-electron chi connectivity index (χ3n) is 3.37. The molecule has 120 valence electrons. The second-order valence-electron chi connectivity index (χ2n) is 4.81. The molecule has 0 aliphatic carbocycles. The van der Waals surface area contributed by atoms with Crippen molar-refractivity contribution in [3.8, 4) is 0 Å². The van der Waals surface area contributed by atoms with E-state index in [1.54, 1.807) is 5.38 Å². The van der Waals surface area contributed by atoms with Crippen molar-refractivity contribution in [1.82, 2.24) is 9.96 Å². The third kappa shape index (κ3) is 2.69. The number of thiophene rings is 1. The molecule has 1 saturated heterocycles. The maximum absolute atomic E-state index is 13.8. The topological polar surface area (TPSA) is 60.9 Å². The van der Waals surface area contributed by atoms with Gasteiger partial charge in [-0.15, -0.1) is 11.3 Å². The van der Waals surface area contributed by atoms with Gasteiger partial charge >= 0.3 is 0 Å². The van der Waals surface area contributed by atoms with Gasteiger partial charge < -0.3 is 4.90 Å². The van der Waals surface area contributed by atoms with Crippen LogP contribution in [0, 0.1) is 11.6 Å². The van der Waals surface area contributed by atoms with Gasteiger partial charge in [0.15, 0.2) is 6.17 Å². The van der Waals surface area contributed by atoms with E-state index < -0.39 is 41.7 Å². The molecule has 1 unspecified atom stereocenters. The van der Waals surface area contributed by atoms with Crippen LogP contribution >= 0.6 is 22.9 Å². The average Bonchev–Trinajstić information content (AvgIpc) is 3.03. The Morgan fingerprint density at radius 2 is 2.00 bits per heavy atom. The van der Waals surface area contributed by atoms with Crippen LogP contribution in [0.3, 0.4) is 0 Å². The lowest BCUT2D eigenvalue weighted by molar-refractivity contribution is -0.168. The molecule has 0 bridgehead atoms. The largest absolute Gasteiger partial charge is 0.302 e. The normalized spacial score (nSPS) is 17.9. The van der Waals surface area contributed by atoms with Gasteiger partial charge in [-0.25, -0.2) is 8.78 Å². The van der Waals surface area contributed by atoms with Gasteiger partial charge in [-0.05, 0) is 18.2 Å². The Morgan fingerprint density at radius 1 is 1.35 bits per heavy atom. The number of halogens is 3. The maximum atomic E-state index is 13.8. The van der Waals surface area contributed by atoms with E-state index in [4.69, 9.17) is 11.6 Å². The molecule has 2 amide bonds. The number of carbonyl (C=O) groups is 2. The van der Waals surface area contributed by atoms with Crippen LogP contribution in [-0.4, -0.2) is 33.5 Å². The van der Waals surface area contributed by atoms with Gasteiger partial charge in [-0.3, -0.25) is 14.8 Å². The first kappa shape index (κ1) is 15.9. The molecule has 9 heteroatoms. The van der Waals surface area contributed by atoms with Gasteiger partial charge in [0.1, 0.15) is 23.7 Å². The molecule has 1 aromatic carbocycles. The molecule has 0 radical (unpaired) electrons. The fourth-order valence-electron chi connectivity index (χ4n) is 2.34. The first-order chi connectivity index (χ1) is 10.9. The van der Waals surface area contributed by atoms with E-state index in [2.05, 4.69) is 0 Å². The molecule has 1 aromatic heterocycles. The first-order valence-electron chi connectivity index (χ1n) is 6.40. The summed E-state index contributed by atoms with van der Waals surface area (Å²) in [4.78, 5) is 25.5. The highest BCUT2D eigenvalue weighted by atomic mass is 35.5. The highest BCUT2D eigenvalue weighted by molar-refractivity contribution is 7.10. The number of hydrogen-bond acceptors (Lipinski definition) is 4.